The van der Waals surface area contributed by atoms with Gasteiger partial charge in [0.15, 0.2) is 11.5 Å². The molecule has 0 aliphatic carbocycles. The highest BCUT2D eigenvalue weighted by Gasteiger charge is 2.22. The number of hydrogen-bond donors (Lipinski definition) is 1. The van der Waals surface area contributed by atoms with Gasteiger partial charge in [-0.3, -0.25) is 20.2 Å². The Kier molecular flexibility index (Phi) is 10.0. The number of alkyl halides is 1. The van der Waals surface area contributed by atoms with Crippen LogP contribution in [0.15, 0.2) is 24.3 Å². The molecule has 164 valence electrons. The number of nitro groups is 2. The molecule has 2 aromatic rings. The van der Waals surface area contributed by atoms with E-state index in [0.29, 0.717) is 15.7 Å². The molecule has 0 unspecified atom stereocenters. The van der Waals surface area contributed by atoms with E-state index in [1.807, 2.05) is 0 Å². The lowest BCUT2D eigenvalue weighted by molar-refractivity contribution is -0.386. The number of rotatable bonds is 8. The first-order valence-electron chi connectivity index (χ1n) is 8.23. The number of halogens is 1. The lowest BCUT2D eigenvalue weighted by atomic mass is 10.2. The van der Waals surface area contributed by atoms with Gasteiger partial charge < -0.3 is 24.1 Å². The smallest absolute Gasteiger partial charge is 0.315 e. The molecule has 0 aliphatic rings. The van der Waals surface area contributed by atoms with Crippen LogP contribution in [0.4, 0.5) is 11.4 Å². The average molecular weight is 536 g/mol. The van der Waals surface area contributed by atoms with Gasteiger partial charge in [0.25, 0.3) is 0 Å². The molecule has 11 nitrogen and oxygen atoms in total. The predicted molar refractivity (Wildman–Crippen MR) is 116 cm³/mol. The van der Waals surface area contributed by atoms with Crippen molar-refractivity contribution in [2.45, 2.75) is 11.0 Å². The van der Waals surface area contributed by atoms with Crippen LogP contribution in [0.5, 0.6) is 23.0 Å². The summed E-state index contributed by atoms with van der Waals surface area (Å²) in [7, 11) is 5.54. The van der Waals surface area contributed by atoms with Crippen LogP contribution in [0.3, 0.4) is 0 Å². The number of aliphatic hydroxyl groups is 1. The number of methoxy groups -OCH3 is 4. The quantitative estimate of drug-likeness (QED) is 0.231. The molecule has 0 heterocycles. The zero-order valence-electron chi connectivity index (χ0n) is 16.7. The number of hydrogen-bond acceptors (Lipinski definition) is 9. The monoisotopic (exact) mass is 536 g/mol. The highest BCUT2D eigenvalue weighted by Crippen LogP contribution is 2.39. The Hall–Kier alpha value is -2.87. The van der Waals surface area contributed by atoms with Crippen LogP contribution >= 0.6 is 22.6 Å². The Labute approximate surface area is 186 Å². The van der Waals surface area contributed by atoms with E-state index < -0.39 is 9.85 Å². The van der Waals surface area contributed by atoms with Gasteiger partial charge in [0.05, 0.1) is 44.9 Å². The summed E-state index contributed by atoms with van der Waals surface area (Å²) < 4.78 is 20.5. The summed E-state index contributed by atoms with van der Waals surface area (Å²) in [5.41, 5.74) is 0.948. The number of nitrogens with zero attached hydrogens (tertiary/aromatic N) is 2. The average Bonchev–Trinajstić information content (AvgIpc) is 2.76. The van der Waals surface area contributed by atoms with E-state index in [0.717, 1.165) is 5.56 Å². The number of benzene rings is 2. The Morgan fingerprint density at radius 3 is 1.50 bits per heavy atom. The van der Waals surface area contributed by atoms with E-state index in [2.05, 4.69) is 22.6 Å². The minimum atomic E-state index is -0.583. The van der Waals surface area contributed by atoms with Crippen LogP contribution < -0.4 is 18.9 Å². The van der Waals surface area contributed by atoms with Crippen LogP contribution in [-0.4, -0.2) is 43.4 Å². The highest BCUT2D eigenvalue weighted by molar-refractivity contribution is 14.1. The maximum atomic E-state index is 10.8. The lowest BCUT2D eigenvalue weighted by Crippen LogP contribution is -1.99. The first-order chi connectivity index (χ1) is 14.3. The molecular formula is C18H21IN2O9. The standard InChI is InChI=1S/C9H10INO4.C9H11NO5/c1-14-8-4-6(5-10)3-7(11(12)13)9(8)15-2;1-14-8-4-6(5-11)3-7(10(12)13)9(8)15-2/h3-4H,5H2,1-2H3;3-4,11H,5H2,1-2H3. The van der Waals surface area contributed by atoms with Gasteiger partial charge in [-0.2, -0.15) is 0 Å². The summed E-state index contributed by atoms with van der Waals surface area (Å²) in [6.45, 7) is -0.290. The fourth-order valence-electron chi connectivity index (χ4n) is 2.44. The molecule has 0 fully saturated rings. The second kappa shape index (κ2) is 12.0. The van der Waals surface area contributed by atoms with Crippen LogP contribution in [0, 0.1) is 20.2 Å². The van der Waals surface area contributed by atoms with Crippen LogP contribution in [0.2, 0.25) is 0 Å². The molecule has 0 radical (unpaired) electrons. The van der Waals surface area contributed by atoms with Crippen molar-refractivity contribution in [1.82, 2.24) is 0 Å². The molecule has 0 bridgehead atoms. The third-order valence-electron chi connectivity index (χ3n) is 3.77. The summed E-state index contributed by atoms with van der Waals surface area (Å²) in [5, 5.41) is 30.4. The Balaban J connectivity index is 0.000000300. The van der Waals surface area contributed by atoms with Gasteiger partial charge in [-0.25, -0.2) is 0 Å². The van der Waals surface area contributed by atoms with Gasteiger partial charge in [0.1, 0.15) is 0 Å². The molecule has 0 aromatic heterocycles. The van der Waals surface area contributed by atoms with Gasteiger partial charge in [-0.15, -0.1) is 0 Å². The minimum absolute atomic E-state index is 0.0553. The summed E-state index contributed by atoms with van der Waals surface area (Å²) in [6.07, 6.45) is 0. The van der Waals surface area contributed by atoms with Crippen molar-refractivity contribution in [2.75, 3.05) is 28.4 Å². The predicted octanol–water partition coefficient (Wildman–Crippen LogP) is 3.65. The number of nitro benzene ring substituents is 2. The molecule has 2 rings (SSSR count). The molecule has 1 N–H and O–H groups in total. The van der Waals surface area contributed by atoms with Crippen molar-refractivity contribution in [1.29, 1.82) is 0 Å². The number of ether oxygens (including phenoxy) is 4. The van der Waals surface area contributed by atoms with Gasteiger partial charge in [0.2, 0.25) is 11.5 Å². The molecule has 0 saturated carbocycles. The molecule has 2 aromatic carbocycles. The van der Waals surface area contributed by atoms with E-state index in [9.17, 15) is 20.2 Å². The summed E-state index contributed by atoms with van der Waals surface area (Å²) in [6, 6.07) is 5.97. The Morgan fingerprint density at radius 1 is 0.800 bits per heavy atom. The zero-order valence-corrected chi connectivity index (χ0v) is 18.9. The summed E-state index contributed by atoms with van der Waals surface area (Å²) in [4.78, 5) is 20.4. The normalized spacial score (nSPS) is 9.80. The maximum absolute atomic E-state index is 10.8. The molecule has 30 heavy (non-hydrogen) atoms. The van der Waals surface area contributed by atoms with Crippen molar-refractivity contribution < 1.29 is 33.9 Å². The molecular weight excluding hydrogens is 515 g/mol. The van der Waals surface area contributed by atoms with Crippen molar-refractivity contribution in [3.63, 3.8) is 0 Å². The van der Waals surface area contributed by atoms with Gasteiger partial charge in [-0.05, 0) is 23.3 Å². The van der Waals surface area contributed by atoms with Crippen LogP contribution in [0.1, 0.15) is 11.1 Å². The van der Waals surface area contributed by atoms with Crippen LogP contribution in [-0.2, 0) is 11.0 Å². The Bertz CT molecular complexity index is 832. The van der Waals surface area contributed by atoms with Crippen molar-refractivity contribution in [3.05, 3.63) is 55.6 Å². The van der Waals surface area contributed by atoms with Gasteiger partial charge in [0, 0.05) is 16.6 Å². The van der Waals surface area contributed by atoms with Gasteiger partial charge >= 0.3 is 11.4 Å². The second-order valence-corrected chi connectivity index (χ2v) is 6.27. The fourth-order valence-corrected chi connectivity index (χ4v) is 2.88. The summed E-state index contributed by atoms with van der Waals surface area (Å²) in [5.74, 6) is 0.838. The van der Waals surface area contributed by atoms with E-state index in [4.69, 9.17) is 24.1 Å². The molecule has 12 heteroatoms. The van der Waals surface area contributed by atoms with E-state index in [-0.39, 0.29) is 35.2 Å². The van der Waals surface area contributed by atoms with Crippen molar-refractivity contribution in [3.8, 4) is 23.0 Å². The number of aliphatic hydroxyl groups excluding tert-OH is 1. The molecule has 0 atom stereocenters. The molecule has 0 amide bonds. The summed E-state index contributed by atoms with van der Waals surface area (Å²) >= 11 is 2.13. The third-order valence-corrected chi connectivity index (χ3v) is 4.65. The molecule has 0 spiro atoms. The van der Waals surface area contributed by atoms with Crippen molar-refractivity contribution in [2.24, 2.45) is 0 Å². The topological polar surface area (TPSA) is 143 Å². The first kappa shape index (κ1) is 25.2. The third kappa shape index (κ3) is 6.06. The van der Waals surface area contributed by atoms with Crippen molar-refractivity contribution >= 4 is 34.0 Å². The van der Waals surface area contributed by atoms with E-state index in [1.165, 1.54) is 46.6 Å². The lowest BCUT2D eigenvalue weighted by Gasteiger charge is -2.09. The Morgan fingerprint density at radius 2 is 1.20 bits per heavy atom. The first-order valence-corrected chi connectivity index (χ1v) is 9.75. The zero-order chi connectivity index (χ0) is 22.8. The SMILES string of the molecule is COc1cc(CI)cc([N+](=O)[O-])c1OC.COc1cc(CO)cc([N+](=O)[O-])c1OC. The van der Waals surface area contributed by atoms with E-state index in [1.54, 1.807) is 6.07 Å². The minimum Gasteiger partial charge on any atom is -0.493 e. The largest absolute Gasteiger partial charge is 0.493 e. The molecule has 0 aliphatic heterocycles. The van der Waals surface area contributed by atoms with E-state index >= 15 is 0 Å². The maximum Gasteiger partial charge on any atom is 0.315 e. The van der Waals surface area contributed by atoms with Crippen LogP contribution in [0.25, 0.3) is 0 Å². The second-order valence-electron chi connectivity index (χ2n) is 5.51. The fraction of sp³-hybridized carbons (Fsp3) is 0.333. The van der Waals surface area contributed by atoms with Gasteiger partial charge in [-0.1, -0.05) is 22.6 Å². The molecule has 0 saturated heterocycles. The highest BCUT2D eigenvalue weighted by atomic mass is 127.